The molecule has 3 heteroatoms. The minimum absolute atomic E-state index is 0.0997. The van der Waals surface area contributed by atoms with Crippen LogP contribution in [0.2, 0.25) is 0 Å². The van der Waals surface area contributed by atoms with Gasteiger partial charge >= 0.3 is 0 Å². The molecule has 1 aromatic rings. The second-order valence-corrected chi connectivity index (χ2v) is 2.95. The molecule has 76 valence electrons. The van der Waals surface area contributed by atoms with E-state index in [0.29, 0.717) is 5.88 Å². The van der Waals surface area contributed by atoms with Crippen molar-refractivity contribution in [3.8, 4) is 5.88 Å². The van der Waals surface area contributed by atoms with Crippen LogP contribution in [-0.4, -0.2) is 23.8 Å². The molecule has 1 heterocycles. The molecule has 0 saturated carbocycles. The van der Waals surface area contributed by atoms with Gasteiger partial charge in [-0.1, -0.05) is 13.0 Å². The predicted octanol–water partition coefficient (Wildman–Crippen LogP) is 1.88. The third-order valence-corrected chi connectivity index (χ3v) is 2.00. The van der Waals surface area contributed by atoms with E-state index in [2.05, 4.69) is 4.98 Å². The van der Waals surface area contributed by atoms with Crippen molar-refractivity contribution in [3.05, 3.63) is 29.5 Å². The largest absolute Gasteiger partial charge is 0.481 e. The van der Waals surface area contributed by atoms with Crippen molar-refractivity contribution >= 4 is 6.08 Å². The number of rotatable bonds is 4. The second kappa shape index (κ2) is 5.40. The fourth-order valence-corrected chi connectivity index (χ4v) is 1.09. The van der Waals surface area contributed by atoms with Gasteiger partial charge in [-0.2, -0.15) is 0 Å². The van der Waals surface area contributed by atoms with Crippen LogP contribution in [0.4, 0.5) is 0 Å². The Bertz CT molecular complexity index is 298. The van der Waals surface area contributed by atoms with E-state index in [9.17, 15) is 0 Å². The van der Waals surface area contributed by atoms with Crippen LogP contribution in [0.1, 0.15) is 18.9 Å². The molecule has 14 heavy (non-hydrogen) atoms. The Labute approximate surface area is 84.1 Å². The van der Waals surface area contributed by atoms with Crippen molar-refractivity contribution < 1.29 is 9.84 Å². The van der Waals surface area contributed by atoms with Gasteiger partial charge in [0.15, 0.2) is 0 Å². The number of pyridine rings is 1. The lowest BCUT2D eigenvalue weighted by Crippen LogP contribution is -1.90. The molecule has 1 N–H and O–H groups in total. The van der Waals surface area contributed by atoms with E-state index in [0.717, 1.165) is 17.6 Å². The Morgan fingerprint density at radius 2 is 2.36 bits per heavy atom. The fraction of sp³-hybridized carbons (Fsp3) is 0.364. The zero-order valence-corrected chi connectivity index (χ0v) is 8.53. The van der Waals surface area contributed by atoms with Crippen LogP contribution in [0.25, 0.3) is 6.08 Å². The Morgan fingerprint density at radius 3 is 2.79 bits per heavy atom. The topological polar surface area (TPSA) is 42.4 Å². The molecule has 0 aliphatic rings. The summed E-state index contributed by atoms with van der Waals surface area (Å²) in [5.41, 5.74) is 1.98. The Balaban J connectivity index is 2.81. The average Bonchev–Trinajstić information content (AvgIpc) is 2.26. The summed E-state index contributed by atoms with van der Waals surface area (Å²) < 4.78 is 4.95. The predicted molar refractivity (Wildman–Crippen MR) is 56.1 cm³/mol. The standard InChI is InChI=1S/C11H15NO2/c1-3-9(8-13)6-10-4-5-11(14-2)12-7-10/h4-7,13H,3,8H2,1-2H3/b9-6-. The van der Waals surface area contributed by atoms with E-state index in [-0.39, 0.29) is 6.61 Å². The number of aliphatic hydroxyl groups is 1. The van der Waals surface area contributed by atoms with E-state index in [4.69, 9.17) is 9.84 Å². The first-order chi connectivity index (χ1) is 6.80. The highest BCUT2D eigenvalue weighted by Crippen LogP contribution is 2.11. The third-order valence-electron chi connectivity index (χ3n) is 2.00. The molecule has 0 atom stereocenters. The number of methoxy groups -OCH3 is 1. The monoisotopic (exact) mass is 193 g/mol. The number of nitrogens with zero attached hydrogens (tertiary/aromatic N) is 1. The summed E-state index contributed by atoms with van der Waals surface area (Å²) in [6.45, 7) is 2.11. The lowest BCUT2D eigenvalue weighted by molar-refractivity contribution is 0.329. The van der Waals surface area contributed by atoms with Crippen molar-refractivity contribution in [2.75, 3.05) is 13.7 Å². The van der Waals surface area contributed by atoms with Crippen molar-refractivity contribution in [2.45, 2.75) is 13.3 Å². The van der Waals surface area contributed by atoms with Crippen LogP contribution in [-0.2, 0) is 0 Å². The average molecular weight is 193 g/mol. The van der Waals surface area contributed by atoms with Gasteiger partial charge in [0.05, 0.1) is 13.7 Å². The molecule has 0 bridgehead atoms. The van der Waals surface area contributed by atoms with Gasteiger partial charge in [-0.3, -0.25) is 0 Å². The van der Waals surface area contributed by atoms with Crippen LogP contribution in [0.3, 0.4) is 0 Å². The molecule has 1 rings (SSSR count). The molecular formula is C11H15NO2. The maximum atomic E-state index is 8.97. The molecule has 0 fully saturated rings. The normalized spacial score (nSPS) is 11.5. The van der Waals surface area contributed by atoms with Gasteiger partial charge in [-0.25, -0.2) is 4.98 Å². The molecule has 0 saturated heterocycles. The van der Waals surface area contributed by atoms with Gasteiger partial charge in [-0.15, -0.1) is 0 Å². The lowest BCUT2D eigenvalue weighted by atomic mass is 10.1. The van der Waals surface area contributed by atoms with Crippen LogP contribution in [0.5, 0.6) is 5.88 Å². The third kappa shape index (κ3) is 2.85. The van der Waals surface area contributed by atoms with E-state index in [1.165, 1.54) is 0 Å². The maximum absolute atomic E-state index is 8.97. The lowest BCUT2D eigenvalue weighted by Gasteiger charge is -2.01. The first-order valence-electron chi connectivity index (χ1n) is 4.60. The molecule has 1 aromatic heterocycles. The minimum atomic E-state index is 0.0997. The first kappa shape index (κ1) is 10.7. The number of hydrogen-bond donors (Lipinski definition) is 1. The SMILES string of the molecule is CC/C(=C/c1ccc(OC)nc1)CO. The van der Waals surface area contributed by atoms with E-state index >= 15 is 0 Å². The fourth-order valence-electron chi connectivity index (χ4n) is 1.09. The van der Waals surface area contributed by atoms with Gasteiger partial charge in [-0.05, 0) is 23.6 Å². The van der Waals surface area contributed by atoms with Gasteiger partial charge in [0.1, 0.15) is 0 Å². The molecule has 0 aromatic carbocycles. The summed E-state index contributed by atoms with van der Waals surface area (Å²) in [7, 11) is 1.59. The molecule has 0 aliphatic heterocycles. The Kier molecular flexibility index (Phi) is 4.13. The Hall–Kier alpha value is -1.35. The van der Waals surface area contributed by atoms with Gasteiger partial charge < -0.3 is 9.84 Å². The van der Waals surface area contributed by atoms with Gasteiger partial charge in [0.25, 0.3) is 0 Å². The first-order valence-corrected chi connectivity index (χ1v) is 4.60. The van der Waals surface area contributed by atoms with E-state index < -0.39 is 0 Å². The number of aliphatic hydroxyl groups excluding tert-OH is 1. The number of ether oxygens (including phenoxy) is 1. The minimum Gasteiger partial charge on any atom is -0.481 e. The Morgan fingerprint density at radius 1 is 1.57 bits per heavy atom. The number of hydrogen-bond acceptors (Lipinski definition) is 3. The molecule has 0 spiro atoms. The highest BCUT2D eigenvalue weighted by atomic mass is 16.5. The molecule has 3 nitrogen and oxygen atoms in total. The summed E-state index contributed by atoms with van der Waals surface area (Å²) >= 11 is 0. The van der Waals surface area contributed by atoms with Gasteiger partial charge in [0, 0.05) is 12.3 Å². The molecule has 0 amide bonds. The van der Waals surface area contributed by atoms with Crippen LogP contribution >= 0.6 is 0 Å². The molecular weight excluding hydrogens is 178 g/mol. The van der Waals surface area contributed by atoms with Crippen molar-refractivity contribution in [2.24, 2.45) is 0 Å². The summed E-state index contributed by atoms with van der Waals surface area (Å²) in [6.07, 6.45) is 4.51. The summed E-state index contributed by atoms with van der Waals surface area (Å²) in [4.78, 5) is 4.07. The van der Waals surface area contributed by atoms with Crippen LogP contribution in [0, 0.1) is 0 Å². The highest BCUT2D eigenvalue weighted by molar-refractivity contribution is 5.52. The second-order valence-electron chi connectivity index (χ2n) is 2.95. The van der Waals surface area contributed by atoms with Crippen LogP contribution < -0.4 is 4.74 Å². The molecule has 0 radical (unpaired) electrons. The van der Waals surface area contributed by atoms with E-state index in [1.54, 1.807) is 19.4 Å². The summed E-state index contributed by atoms with van der Waals surface area (Å²) in [6, 6.07) is 3.72. The summed E-state index contributed by atoms with van der Waals surface area (Å²) in [5.74, 6) is 0.601. The highest BCUT2D eigenvalue weighted by Gasteiger charge is 1.95. The van der Waals surface area contributed by atoms with Crippen molar-refractivity contribution in [1.29, 1.82) is 0 Å². The molecule has 0 aliphatic carbocycles. The summed E-state index contributed by atoms with van der Waals surface area (Å²) in [5, 5.41) is 8.97. The van der Waals surface area contributed by atoms with Gasteiger partial charge in [0.2, 0.25) is 5.88 Å². The van der Waals surface area contributed by atoms with Crippen molar-refractivity contribution in [3.63, 3.8) is 0 Å². The zero-order chi connectivity index (χ0) is 10.4. The van der Waals surface area contributed by atoms with E-state index in [1.807, 2.05) is 19.1 Å². The molecule has 0 unspecified atom stereocenters. The number of aromatic nitrogens is 1. The maximum Gasteiger partial charge on any atom is 0.212 e. The zero-order valence-electron chi connectivity index (χ0n) is 8.53. The quantitative estimate of drug-likeness (QED) is 0.793. The smallest absolute Gasteiger partial charge is 0.212 e. The van der Waals surface area contributed by atoms with Crippen LogP contribution in [0.15, 0.2) is 23.9 Å². The van der Waals surface area contributed by atoms with Crippen molar-refractivity contribution in [1.82, 2.24) is 4.98 Å².